The second kappa shape index (κ2) is 40.9. The maximum absolute atomic E-state index is 12.4. The van der Waals surface area contributed by atoms with Crippen LogP contribution >= 0.6 is 0 Å². The van der Waals surface area contributed by atoms with Gasteiger partial charge in [0.2, 0.25) is 0 Å². The lowest BCUT2D eigenvalue weighted by Gasteiger charge is -2.21. The Morgan fingerprint density at radius 3 is 0.808 bits per heavy atom. The van der Waals surface area contributed by atoms with E-state index in [2.05, 4.69) is 38.2 Å². The molecule has 306 valence electrons. The summed E-state index contributed by atoms with van der Waals surface area (Å²) < 4.78 is 0. The Kier molecular flexibility index (Phi) is 39.9. The molecule has 2 unspecified atom stereocenters. The van der Waals surface area contributed by atoms with Crippen molar-refractivity contribution >= 4 is 11.6 Å². The molecule has 52 heavy (non-hydrogen) atoms. The number of rotatable bonds is 42. The van der Waals surface area contributed by atoms with E-state index in [1.54, 1.807) is 0 Å². The van der Waals surface area contributed by atoms with E-state index in [1.807, 2.05) is 0 Å². The highest BCUT2D eigenvalue weighted by Gasteiger charge is 2.33. The number of carbonyl (C=O) groups excluding carboxylic acids is 2. The number of allylic oxidation sites excluding steroid dienone is 4. The second-order valence-electron chi connectivity index (χ2n) is 15.8. The van der Waals surface area contributed by atoms with E-state index < -0.39 is 29.9 Å². The molecule has 0 aliphatic carbocycles. The van der Waals surface area contributed by atoms with Gasteiger partial charge in [-0.1, -0.05) is 192 Å². The van der Waals surface area contributed by atoms with Crippen molar-refractivity contribution in [2.75, 3.05) is 0 Å². The Hall–Kier alpha value is -1.30. The van der Waals surface area contributed by atoms with Crippen LogP contribution in [0.15, 0.2) is 24.3 Å². The molecule has 0 aliphatic heterocycles. The number of aliphatic hydroxyl groups is 3. The predicted octanol–water partition coefficient (Wildman–Crippen LogP) is 13.4. The van der Waals surface area contributed by atoms with E-state index in [1.165, 1.54) is 167 Å². The lowest BCUT2D eigenvalue weighted by Crippen LogP contribution is -2.45. The van der Waals surface area contributed by atoms with E-state index in [0.29, 0.717) is 12.8 Å². The van der Waals surface area contributed by atoms with Crippen LogP contribution in [-0.2, 0) is 9.59 Å². The number of Topliss-reactive ketones (excluding diaryl/α,β-unsaturated/α-hetero) is 2. The molecule has 0 heterocycles. The molecule has 0 aromatic rings. The van der Waals surface area contributed by atoms with Crippen molar-refractivity contribution < 1.29 is 24.9 Å². The fourth-order valence-corrected chi connectivity index (χ4v) is 7.00. The number of carbonyl (C=O) groups is 2. The first-order chi connectivity index (χ1) is 25.5. The van der Waals surface area contributed by atoms with Gasteiger partial charge in [-0.25, -0.2) is 0 Å². The Morgan fingerprint density at radius 1 is 0.346 bits per heavy atom. The van der Waals surface area contributed by atoms with Gasteiger partial charge in [-0.15, -0.1) is 0 Å². The number of aliphatic hydroxyl groups excluding tert-OH is 3. The molecule has 0 saturated heterocycles. The molecule has 0 spiro atoms. The number of ketones is 2. The summed E-state index contributed by atoms with van der Waals surface area (Å²) in [6.07, 6.45) is 46.1. The van der Waals surface area contributed by atoms with Gasteiger partial charge in [0.05, 0.1) is 0 Å². The summed E-state index contributed by atoms with van der Waals surface area (Å²) in [6.45, 7) is 4.53. The average molecular weight is 733 g/mol. The zero-order chi connectivity index (χ0) is 38.2. The van der Waals surface area contributed by atoms with Gasteiger partial charge in [0.15, 0.2) is 11.6 Å². The van der Waals surface area contributed by atoms with Crippen molar-refractivity contribution in [1.82, 2.24) is 0 Å². The monoisotopic (exact) mass is 733 g/mol. The SMILES string of the molecule is CCCCCCCC/C=C\CCCCCCCCCCCC(=O)C(O)C(O)C(O)C(=O)CCCCCCCCCCC/C=C\CCCCCCCC. The second-order valence-corrected chi connectivity index (χ2v) is 15.8. The summed E-state index contributed by atoms with van der Waals surface area (Å²) in [6, 6.07) is 0. The van der Waals surface area contributed by atoms with Gasteiger partial charge in [-0.3, -0.25) is 9.59 Å². The van der Waals surface area contributed by atoms with Crippen LogP contribution in [0.1, 0.15) is 245 Å². The molecule has 0 aliphatic rings. The third-order valence-electron chi connectivity index (χ3n) is 10.7. The molecule has 0 rings (SSSR count). The van der Waals surface area contributed by atoms with Crippen LogP contribution in [0.3, 0.4) is 0 Å². The predicted molar refractivity (Wildman–Crippen MR) is 224 cm³/mol. The van der Waals surface area contributed by atoms with E-state index >= 15 is 0 Å². The molecule has 2 atom stereocenters. The summed E-state index contributed by atoms with van der Waals surface area (Å²) in [5.74, 6) is -0.972. The highest BCUT2D eigenvalue weighted by atomic mass is 16.4. The van der Waals surface area contributed by atoms with E-state index in [-0.39, 0.29) is 12.8 Å². The third kappa shape index (κ3) is 34.5. The summed E-state index contributed by atoms with van der Waals surface area (Å²) in [4.78, 5) is 24.8. The van der Waals surface area contributed by atoms with E-state index in [4.69, 9.17) is 0 Å². The molecule has 0 bridgehead atoms. The van der Waals surface area contributed by atoms with Crippen LogP contribution in [0.4, 0.5) is 0 Å². The molecule has 0 saturated carbocycles. The highest BCUT2D eigenvalue weighted by molar-refractivity contribution is 5.87. The number of hydrogen-bond acceptors (Lipinski definition) is 5. The van der Waals surface area contributed by atoms with Crippen LogP contribution in [0.2, 0.25) is 0 Å². The van der Waals surface area contributed by atoms with Crippen molar-refractivity contribution in [2.24, 2.45) is 0 Å². The quantitative estimate of drug-likeness (QED) is 0.0429. The molecule has 0 fully saturated rings. The highest BCUT2D eigenvalue weighted by Crippen LogP contribution is 2.16. The zero-order valence-electron chi connectivity index (χ0n) is 34.7. The van der Waals surface area contributed by atoms with Gasteiger partial charge in [0.25, 0.3) is 0 Å². The smallest absolute Gasteiger partial charge is 0.164 e. The zero-order valence-corrected chi connectivity index (χ0v) is 34.7. The van der Waals surface area contributed by atoms with Crippen molar-refractivity contribution in [3.8, 4) is 0 Å². The minimum atomic E-state index is -1.74. The van der Waals surface area contributed by atoms with Gasteiger partial charge in [-0.05, 0) is 64.2 Å². The van der Waals surface area contributed by atoms with E-state index in [0.717, 1.165) is 38.5 Å². The van der Waals surface area contributed by atoms with Crippen LogP contribution in [0, 0.1) is 0 Å². The molecule has 0 aromatic heterocycles. The molecule has 0 radical (unpaired) electrons. The molecular weight excluding hydrogens is 645 g/mol. The third-order valence-corrected chi connectivity index (χ3v) is 10.7. The van der Waals surface area contributed by atoms with E-state index in [9.17, 15) is 24.9 Å². The topological polar surface area (TPSA) is 94.8 Å². The van der Waals surface area contributed by atoms with Crippen LogP contribution in [-0.4, -0.2) is 45.2 Å². The summed E-state index contributed by atoms with van der Waals surface area (Å²) in [5, 5.41) is 30.8. The van der Waals surface area contributed by atoms with Crippen LogP contribution in [0.5, 0.6) is 0 Å². The Bertz CT molecular complexity index is 755. The average Bonchev–Trinajstić information content (AvgIpc) is 3.15. The fourth-order valence-electron chi connectivity index (χ4n) is 7.00. The first kappa shape index (κ1) is 50.7. The summed E-state index contributed by atoms with van der Waals surface area (Å²) in [7, 11) is 0. The van der Waals surface area contributed by atoms with Crippen LogP contribution < -0.4 is 0 Å². The first-order valence-electron chi connectivity index (χ1n) is 22.8. The van der Waals surface area contributed by atoms with Crippen molar-refractivity contribution in [1.29, 1.82) is 0 Å². The number of unbranched alkanes of at least 4 members (excludes halogenated alkanes) is 30. The van der Waals surface area contributed by atoms with Gasteiger partial charge < -0.3 is 15.3 Å². The standard InChI is InChI=1S/C47H88O5/c1-3-5-7-9-11-13-15-17-19-21-23-25-27-29-31-33-35-37-39-41-43(48)45(50)47(52)46(51)44(49)42-40-38-36-34-32-30-28-26-24-22-20-18-16-14-12-10-8-6-4-2/h17-20,45-47,50-52H,3-16,21-42H2,1-2H3/b19-17-,20-18-. The molecule has 5 heteroatoms. The molecule has 0 aromatic carbocycles. The van der Waals surface area contributed by atoms with Crippen LogP contribution in [0.25, 0.3) is 0 Å². The van der Waals surface area contributed by atoms with Gasteiger partial charge in [0, 0.05) is 12.8 Å². The minimum absolute atomic E-state index is 0.169. The largest absolute Gasteiger partial charge is 0.387 e. The fraction of sp³-hybridized carbons (Fsp3) is 0.872. The van der Waals surface area contributed by atoms with Crippen molar-refractivity contribution in [2.45, 2.75) is 263 Å². The maximum Gasteiger partial charge on any atom is 0.164 e. The maximum atomic E-state index is 12.4. The molecule has 5 nitrogen and oxygen atoms in total. The first-order valence-corrected chi connectivity index (χ1v) is 22.8. The van der Waals surface area contributed by atoms with Gasteiger partial charge in [-0.2, -0.15) is 0 Å². The van der Waals surface area contributed by atoms with Gasteiger partial charge >= 0.3 is 0 Å². The Labute approximate surface area is 323 Å². The van der Waals surface area contributed by atoms with Crippen molar-refractivity contribution in [3.63, 3.8) is 0 Å². The number of hydrogen-bond donors (Lipinski definition) is 3. The normalized spacial score (nSPS) is 13.7. The Balaban J connectivity index is 3.63. The summed E-state index contributed by atoms with van der Waals surface area (Å²) >= 11 is 0. The minimum Gasteiger partial charge on any atom is -0.387 e. The Morgan fingerprint density at radius 2 is 0.558 bits per heavy atom. The lowest BCUT2D eigenvalue weighted by atomic mass is 9.95. The van der Waals surface area contributed by atoms with Gasteiger partial charge in [0.1, 0.15) is 18.3 Å². The molecule has 0 amide bonds. The summed E-state index contributed by atoms with van der Waals surface area (Å²) in [5.41, 5.74) is 0. The van der Waals surface area contributed by atoms with Crippen molar-refractivity contribution in [3.05, 3.63) is 24.3 Å². The molecular formula is C47H88O5. The molecule has 3 N–H and O–H groups in total. The lowest BCUT2D eigenvalue weighted by molar-refractivity contribution is -0.146.